The smallest absolute Gasteiger partial charge is 0.273 e. The molecule has 162 valence electrons. The molecule has 6 nitrogen and oxygen atoms in total. The zero-order chi connectivity index (χ0) is 22.6. The number of ketones is 1. The number of benzene rings is 2. The molecule has 1 heterocycles. The normalized spacial score (nSPS) is 25.4. The molecule has 2 fully saturated rings. The molecule has 1 saturated carbocycles. The first-order chi connectivity index (χ1) is 15.4. The van der Waals surface area contributed by atoms with Crippen LogP contribution in [0.5, 0.6) is 0 Å². The molecule has 0 radical (unpaired) electrons. The number of halogens is 2. The maximum absolute atomic E-state index is 13.5. The summed E-state index contributed by atoms with van der Waals surface area (Å²) in [7, 11) is 0. The fourth-order valence-electron chi connectivity index (χ4n) is 4.99. The average Bonchev–Trinajstić information content (AvgIpc) is 3.48. The molecule has 1 aliphatic heterocycles. The van der Waals surface area contributed by atoms with Gasteiger partial charge in [-0.1, -0.05) is 65.7 Å². The predicted octanol–water partition coefficient (Wildman–Crippen LogP) is 4.04. The highest BCUT2D eigenvalue weighted by Gasteiger charge is 2.61. The van der Waals surface area contributed by atoms with E-state index in [0.29, 0.717) is 5.56 Å². The quantitative estimate of drug-likeness (QED) is 0.377. The van der Waals surface area contributed by atoms with Crippen molar-refractivity contribution in [1.82, 2.24) is 10.0 Å². The minimum atomic E-state index is -0.671. The number of allylic oxidation sites excluding steroid dienone is 2. The summed E-state index contributed by atoms with van der Waals surface area (Å²) in [4.78, 5) is 53.1. The summed E-state index contributed by atoms with van der Waals surface area (Å²) in [5.74, 6) is -2.96. The fraction of sp³-hybridized carbons (Fsp3) is 0.250. The van der Waals surface area contributed by atoms with Crippen LogP contribution in [0.4, 0.5) is 0 Å². The number of rotatable bonds is 5. The Balaban J connectivity index is 1.51. The number of imide groups is 1. The maximum atomic E-state index is 13.5. The zero-order valence-corrected chi connectivity index (χ0v) is 18.3. The molecule has 2 bridgehead atoms. The summed E-state index contributed by atoms with van der Waals surface area (Å²) in [6.45, 7) is -0.456. The summed E-state index contributed by atoms with van der Waals surface area (Å²) >= 11 is 12.1. The Morgan fingerprint density at radius 2 is 1.50 bits per heavy atom. The molecule has 8 heteroatoms. The first-order valence-corrected chi connectivity index (χ1v) is 11.0. The van der Waals surface area contributed by atoms with Gasteiger partial charge in [0.15, 0.2) is 5.78 Å². The Morgan fingerprint density at radius 3 is 2.09 bits per heavy atom. The van der Waals surface area contributed by atoms with Crippen LogP contribution in [-0.2, 0) is 9.59 Å². The van der Waals surface area contributed by atoms with Crippen LogP contribution in [0.2, 0.25) is 10.0 Å². The third-order valence-electron chi connectivity index (χ3n) is 6.48. The van der Waals surface area contributed by atoms with Gasteiger partial charge in [0.25, 0.3) is 17.7 Å². The van der Waals surface area contributed by atoms with Gasteiger partial charge in [0.1, 0.15) is 6.54 Å². The Hall–Kier alpha value is -2.96. The molecule has 2 aliphatic carbocycles. The van der Waals surface area contributed by atoms with Crippen LogP contribution in [-0.4, -0.2) is 40.1 Å². The van der Waals surface area contributed by atoms with Crippen LogP contribution in [0.15, 0.2) is 60.7 Å². The summed E-state index contributed by atoms with van der Waals surface area (Å²) in [5, 5.41) is 2.26. The molecular formula is C24H18Cl2N2O4. The summed E-state index contributed by atoms with van der Waals surface area (Å²) < 4.78 is 0. The van der Waals surface area contributed by atoms with Gasteiger partial charge in [-0.15, -0.1) is 0 Å². The third kappa shape index (κ3) is 3.26. The van der Waals surface area contributed by atoms with Gasteiger partial charge in [-0.3, -0.25) is 19.2 Å². The van der Waals surface area contributed by atoms with Gasteiger partial charge in [0.2, 0.25) is 0 Å². The highest BCUT2D eigenvalue weighted by atomic mass is 35.5. The summed E-state index contributed by atoms with van der Waals surface area (Å²) in [6.07, 6.45) is 4.71. The molecule has 5 rings (SSSR count). The van der Waals surface area contributed by atoms with Crippen LogP contribution in [0.25, 0.3) is 0 Å². The lowest BCUT2D eigenvalue weighted by Crippen LogP contribution is -2.52. The lowest BCUT2D eigenvalue weighted by Gasteiger charge is -2.31. The van der Waals surface area contributed by atoms with Crippen molar-refractivity contribution in [1.29, 1.82) is 0 Å². The predicted molar refractivity (Wildman–Crippen MR) is 118 cm³/mol. The molecular weight excluding hydrogens is 451 g/mol. The van der Waals surface area contributed by atoms with Gasteiger partial charge in [-0.2, -0.15) is 5.01 Å². The summed E-state index contributed by atoms with van der Waals surface area (Å²) in [5.41, 5.74) is 0.500. The Bertz CT molecular complexity index is 1150. The van der Waals surface area contributed by atoms with Crippen molar-refractivity contribution in [3.05, 3.63) is 81.9 Å². The van der Waals surface area contributed by atoms with Crippen molar-refractivity contribution < 1.29 is 19.2 Å². The Kier molecular flexibility index (Phi) is 5.14. The molecule has 2 aromatic rings. The van der Waals surface area contributed by atoms with Gasteiger partial charge < -0.3 is 0 Å². The van der Waals surface area contributed by atoms with Gasteiger partial charge in [-0.05, 0) is 36.5 Å². The molecule has 0 aromatic heterocycles. The molecule has 32 heavy (non-hydrogen) atoms. The first kappa shape index (κ1) is 20.9. The van der Waals surface area contributed by atoms with Crippen LogP contribution in [0.3, 0.4) is 0 Å². The van der Waals surface area contributed by atoms with E-state index < -0.39 is 41.9 Å². The van der Waals surface area contributed by atoms with Gasteiger partial charge in [0.05, 0.1) is 21.9 Å². The van der Waals surface area contributed by atoms with Crippen molar-refractivity contribution in [2.24, 2.45) is 23.7 Å². The minimum Gasteiger partial charge on any atom is -0.292 e. The van der Waals surface area contributed by atoms with Crippen molar-refractivity contribution in [2.45, 2.75) is 6.42 Å². The number of Topliss-reactive ketones (excluding diaryl/α,β-unsaturated/α-hetero) is 1. The van der Waals surface area contributed by atoms with E-state index in [1.165, 1.54) is 18.2 Å². The van der Waals surface area contributed by atoms with E-state index in [1.807, 2.05) is 12.2 Å². The lowest BCUT2D eigenvalue weighted by molar-refractivity contribution is -0.154. The molecule has 0 spiro atoms. The second-order valence-electron chi connectivity index (χ2n) is 8.27. The number of carbonyl (C=O) groups is 4. The minimum absolute atomic E-state index is 0.0156. The molecule has 4 atom stereocenters. The second kappa shape index (κ2) is 7.87. The largest absolute Gasteiger partial charge is 0.292 e. The standard InChI is InChI=1S/C24H18Cl2N2O4/c25-17-9-8-16(11-18(17)26)22(30)27(12-19(29)13-4-2-1-3-5-13)28-23(31)20-14-6-7-15(10-14)21(20)24(28)32/h1-9,11,14-15,20-21H,10,12H2/t14-,15+,20-,21+. The van der Waals surface area contributed by atoms with Crippen molar-refractivity contribution >= 4 is 46.7 Å². The van der Waals surface area contributed by atoms with E-state index >= 15 is 0 Å². The SMILES string of the molecule is O=C(CN(C(=O)c1ccc(Cl)c(Cl)c1)N1C(=O)[C@@H]2[C@H](C1=O)[C@@H]1C=C[C@H]2C1)c1ccccc1. The number of hydrogen-bond donors (Lipinski definition) is 0. The Morgan fingerprint density at radius 1 is 0.875 bits per heavy atom. The van der Waals surface area contributed by atoms with Crippen molar-refractivity contribution in [3.8, 4) is 0 Å². The first-order valence-electron chi connectivity index (χ1n) is 10.3. The lowest BCUT2D eigenvalue weighted by atomic mass is 9.85. The molecule has 2 aromatic carbocycles. The van der Waals surface area contributed by atoms with E-state index in [-0.39, 0.29) is 27.4 Å². The Labute approximate surface area is 194 Å². The highest BCUT2D eigenvalue weighted by Crippen LogP contribution is 2.52. The number of nitrogens with zero attached hydrogens (tertiary/aromatic N) is 2. The van der Waals surface area contributed by atoms with Gasteiger partial charge in [-0.25, -0.2) is 5.01 Å². The van der Waals surface area contributed by atoms with Crippen molar-refractivity contribution in [3.63, 3.8) is 0 Å². The van der Waals surface area contributed by atoms with E-state index in [4.69, 9.17) is 23.2 Å². The average molecular weight is 469 g/mol. The van der Waals surface area contributed by atoms with Crippen LogP contribution in [0, 0.1) is 23.7 Å². The van der Waals surface area contributed by atoms with Gasteiger partial charge >= 0.3 is 0 Å². The van der Waals surface area contributed by atoms with Crippen molar-refractivity contribution in [2.75, 3.05) is 6.54 Å². The van der Waals surface area contributed by atoms with E-state index in [2.05, 4.69) is 0 Å². The zero-order valence-electron chi connectivity index (χ0n) is 16.8. The number of fused-ring (bicyclic) bond motifs is 5. The molecule has 3 amide bonds. The molecule has 0 N–H and O–H groups in total. The highest BCUT2D eigenvalue weighted by molar-refractivity contribution is 6.42. The number of hydrazine groups is 1. The summed E-state index contributed by atoms with van der Waals surface area (Å²) in [6, 6.07) is 12.7. The van der Waals surface area contributed by atoms with E-state index in [0.717, 1.165) is 16.4 Å². The monoisotopic (exact) mass is 468 g/mol. The number of carbonyl (C=O) groups excluding carboxylic acids is 4. The number of amides is 3. The van der Waals surface area contributed by atoms with Crippen LogP contribution >= 0.6 is 23.2 Å². The molecule has 0 unspecified atom stereocenters. The van der Waals surface area contributed by atoms with E-state index in [1.54, 1.807) is 30.3 Å². The fourth-order valence-corrected chi connectivity index (χ4v) is 5.29. The third-order valence-corrected chi connectivity index (χ3v) is 7.22. The van der Waals surface area contributed by atoms with Crippen LogP contribution < -0.4 is 0 Å². The topological polar surface area (TPSA) is 74.8 Å². The molecule has 1 saturated heterocycles. The number of hydrogen-bond acceptors (Lipinski definition) is 4. The van der Waals surface area contributed by atoms with E-state index in [9.17, 15) is 19.2 Å². The van der Waals surface area contributed by atoms with Crippen LogP contribution in [0.1, 0.15) is 27.1 Å². The second-order valence-corrected chi connectivity index (χ2v) is 9.08. The van der Waals surface area contributed by atoms with Gasteiger partial charge in [0, 0.05) is 11.1 Å². The molecule has 3 aliphatic rings. The maximum Gasteiger partial charge on any atom is 0.273 e.